The second-order valence-corrected chi connectivity index (χ2v) is 4.77. The highest BCUT2D eigenvalue weighted by molar-refractivity contribution is 7.92. The highest BCUT2D eigenvalue weighted by Crippen LogP contribution is 2.17. The van der Waals surface area contributed by atoms with Gasteiger partial charge < -0.3 is 5.73 Å². The number of nitrogen functional groups attached to an aromatic ring is 1. The summed E-state index contributed by atoms with van der Waals surface area (Å²) in [6.07, 6.45) is 2.54. The Balaban J connectivity index is 2.35. The molecule has 2 aromatic heterocycles. The van der Waals surface area contributed by atoms with Gasteiger partial charge in [-0.05, 0) is 11.3 Å². The molecule has 0 fully saturated rings. The van der Waals surface area contributed by atoms with E-state index in [1.165, 1.54) is 19.3 Å². The van der Waals surface area contributed by atoms with E-state index in [-0.39, 0.29) is 16.5 Å². The topological polar surface area (TPSA) is 129 Å². The molecule has 0 amide bonds. The lowest BCUT2D eigenvalue weighted by molar-refractivity contribution is 0.600. The summed E-state index contributed by atoms with van der Waals surface area (Å²) in [5.74, 6) is -0.129. The third kappa shape index (κ3) is 2.30. The van der Waals surface area contributed by atoms with Crippen LogP contribution in [0.3, 0.4) is 0 Å². The number of nitrogens with one attached hydrogen (secondary N) is 1. The van der Waals surface area contributed by atoms with Gasteiger partial charge in [0.15, 0.2) is 0 Å². The molecule has 2 heterocycles. The van der Waals surface area contributed by atoms with E-state index in [4.69, 9.17) is 5.73 Å². The van der Waals surface area contributed by atoms with Crippen LogP contribution in [0.15, 0.2) is 23.4 Å². The highest BCUT2D eigenvalue weighted by atomic mass is 32.2. The Kier molecular flexibility index (Phi) is 2.63. The van der Waals surface area contributed by atoms with Crippen LogP contribution >= 0.6 is 0 Å². The Hall–Kier alpha value is -2.23. The summed E-state index contributed by atoms with van der Waals surface area (Å²) in [5.41, 5.74) is 5.64. The van der Waals surface area contributed by atoms with Crippen LogP contribution in [0, 0.1) is 0 Å². The second kappa shape index (κ2) is 3.97. The monoisotopic (exact) mass is 255 g/mol. The minimum absolute atomic E-state index is 0.0939. The van der Waals surface area contributed by atoms with E-state index in [1.54, 1.807) is 0 Å². The minimum Gasteiger partial charge on any atom is -0.398 e. The van der Waals surface area contributed by atoms with Crippen LogP contribution in [0.5, 0.6) is 0 Å². The van der Waals surface area contributed by atoms with Crippen LogP contribution in [0.1, 0.15) is 0 Å². The average molecular weight is 255 g/mol. The molecule has 0 bridgehead atoms. The Morgan fingerprint density at radius 1 is 1.47 bits per heavy atom. The SMILES string of the molecule is Cn1nnc(NS(=O)(=O)c2cnccc2N)n1. The van der Waals surface area contributed by atoms with Crippen LogP contribution in [0.25, 0.3) is 0 Å². The number of hydrogen-bond donors (Lipinski definition) is 2. The zero-order chi connectivity index (χ0) is 12.5. The second-order valence-electron chi connectivity index (χ2n) is 3.12. The maximum Gasteiger partial charge on any atom is 0.277 e. The Labute approximate surface area is 96.7 Å². The minimum atomic E-state index is -3.85. The molecule has 90 valence electrons. The lowest BCUT2D eigenvalue weighted by atomic mass is 10.4. The fraction of sp³-hybridized carbons (Fsp3) is 0.143. The lowest BCUT2D eigenvalue weighted by Crippen LogP contribution is -2.16. The summed E-state index contributed by atoms with van der Waals surface area (Å²) in [4.78, 5) is 4.70. The fourth-order valence-corrected chi connectivity index (χ4v) is 2.13. The van der Waals surface area contributed by atoms with Gasteiger partial charge in [0.25, 0.3) is 16.0 Å². The van der Waals surface area contributed by atoms with Gasteiger partial charge in [-0.15, -0.1) is 5.10 Å². The molecular weight excluding hydrogens is 246 g/mol. The number of nitrogens with two attached hydrogens (primary N) is 1. The van der Waals surface area contributed by atoms with E-state index in [2.05, 4.69) is 25.1 Å². The van der Waals surface area contributed by atoms with E-state index in [0.29, 0.717) is 0 Å². The molecule has 0 aliphatic heterocycles. The van der Waals surface area contributed by atoms with Crippen molar-refractivity contribution in [1.29, 1.82) is 0 Å². The number of nitrogens with zero attached hydrogens (tertiary/aromatic N) is 5. The Morgan fingerprint density at radius 2 is 2.24 bits per heavy atom. The number of hydrogen-bond acceptors (Lipinski definition) is 7. The van der Waals surface area contributed by atoms with Gasteiger partial charge in [0, 0.05) is 12.4 Å². The van der Waals surface area contributed by atoms with Crippen molar-refractivity contribution in [2.75, 3.05) is 10.5 Å². The standard InChI is InChI=1S/C7H9N7O2S/c1-14-11-7(10-13-14)12-17(15,16)6-4-9-3-2-5(6)8/h2-4H,1H3,(H2,8,9)(H,11,12). The molecule has 0 saturated heterocycles. The molecule has 0 aliphatic carbocycles. The number of aryl methyl sites for hydroxylation is 1. The van der Waals surface area contributed by atoms with Crippen molar-refractivity contribution < 1.29 is 8.42 Å². The molecule has 2 aromatic rings. The molecule has 2 rings (SSSR count). The van der Waals surface area contributed by atoms with Gasteiger partial charge in [0.05, 0.1) is 12.7 Å². The molecule has 0 atom stereocenters. The first-order valence-corrected chi connectivity index (χ1v) is 5.93. The molecular formula is C7H9N7O2S. The van der Waals surface area contributed by atoms with Crippen molar-refractivity contribution in [1.82, 2.24) is 25.2 Å². The van der Waals surface area contributed by atoms with Gasteiger partial charge in [-0.2, -0.15) is 4.80 Å². The number of aromatic nitrogens is 5. The van der Waals surface area contributed by atoms with E-state index in [1.807, 2.05) is 0 Å². The zero-order valence-corrected chi connectivity index (χ0v) is 9.59. The Bertz CT molecular complexity index is 635. The lowest BCUT2D eigenvalue weighted by Gasteiger charge is -2.05. The van der Waals surface area contributed by atoms with Crippen molar-refractivity contribution in [2.45, 2.75) is 4.90 Å². The molecule has 0 aliphatic rings. The molecule has 17 heavy (non-hydrogen) atoms. The predicted molar refractivity (Wildman–Crippen MR) is 58.3 cm³/mol. The number of sulfonamides is 1. The summed E-state index contributed by atoms with van der Waals surface area (Å²) in [7, 11) is -2.33. The first-order valence-electron chi connectivity index (χ1n) is 4.45. The number of rotatable bonds is 3. The third-order valence-electron chi connectivity index (χ3n) is 1.84. The molecule has 0 aromatic carbocycles. The number of tetrazole rings is 1. The molecule has 10 heteroatoms. The maximum absolute atomic E-state index is 11.9. The van der Waals surface area contributed by atoms with Crippen LogP contribution in [0.2, 0.25) is 0 Å². The molecule has 9 nitrogen and oxygen atoms in total. The summed E-state index contributed by atoms with van der Waals surface area (Å²) in [6.45, 7) is 0. The van der Waals surface area contributed by atoms with Crippen LogP contribution in [-0.2, 0) is 17.1 Å². The predicted octanol–water partition coefficient (Wildman–Crippen LogP) is -1.01. The Morgan fingerprint density at radius 3 is 2.82 bits per heavy atom. The van der Waals surface area contributed by atoms with E-state index in [0.717, 1.165) is 11.0 Å². The largest absolute Gasteiger partial charge is 0.398 e. The van der Waals surface area contributed by atoms with E-state index in [9.17, 15) is 8.42 Å². The van der Waals surface area contributed by atoms with Crippen LogP contribution < -0.4 is 10.5 Å². The smallest absolute Gasteiger partial charge is 0.277 e. The fourth-order valence-electron chi connectivity index (χ4n) is 1.12. The van der Waals surface area contributed by atoms with Gasteiger partial charge in [0.2, 0.25) is 0 Å². The van der Waals surface area contributed by atoms with Gasteiger partial charge in [0.1, 0.15) is 4.90 Å². The van der Waals surface area contributed by atoms with Crippen LogP contribution in [0.4, 0.5) is 11.6 Å². The van der Waals surface area contributed by atoms with Gasteiger partial charge in [-0.25, -0.2) is 13.1 Å². The molecule has 0 unspecified atom stereocenters. The number of anilines is 2. The van der Waals surface area contributed by atoms with Crippen molar-refractivity contribution in [3.63, 3.8) is 0 Å². The molecule has 0 radical (unpaired) electrons. The third-order valence-corrected chi connectivity index (χ3v) is 3.21. The highest BCUT2D eigenvalue weighted by Gasteiger charge is 2.19. The summed E-state index contributed by atoms with van der Waals surface area (Å²) in [6, 6.07) is 1.39. The van der Waals surface area contributed by atoms with Gasteiger partial charge >= 0.3 is 0 Å². The first kappa shape index (κ1) is 11.3. The zero-order valence-electron chi connectivity index (χ0n) is 8.77. The summed E-state index contributed by atoms with van der Waals surface area (Å²) in [5, 5.41) is 10.7. The molecule has 3 N–H and O–H groups in total. The number of pyridine rings is 1. The first-order chi connectivity index (χ1) is 7.99. The van der Waals surface area contributed by atoms with Crippen molar-refractivity contribution in [2.24, 2.45) is 7.05 Å². The quantitative estimate of drug-likeness (QED) is 0.718. The van der Waals surface area contributed by atoms with Gasteiger partial charge in [-0.3, -0.25) is 4.98 Å². The van der Waals surface area contributed by atoms with E-state index >= 15 is 0 Å². The van der Waals surface area contributed by atoms with Crippen LogP contribution in [-0.4, -0.2) is 33.6 Å². The maximum atomic E-state index is 11.9. The molecule has 0 saturated carbocycles. The molecule has 0 spiro atoms. The summed E-state index contributed by atoms with van der Waals surface area (Å²) < 4.78 is 25.9. The van der Waals surface area contributed by atoms with Crippen molar-refractivity contribution >= 4 is 21.7 Å². The van der Waals surface area contributed by atoms with E-state index < -0.39 is 10.0 Å². The average Bonchev–Trinajstić information content (AvgIpc) is 2.63. The van der Waals surface area contributed by atoms with Crippen molar-refractivity contribution in [3.8, 4) is 0 Å². The van der Waals surface area contributed by atoms with Crippen molar-refractivity contribution in [3.05, 3.63) is 18.5 Å². The summed E-state index contributed by atoms with van der Waals surface area (Å²) >= 11 is 0. The van der Waals surface area contributed by atoms with Gasteiger partial charge in [-0.1, -0.05) is 5.10 Å². The normalized spacial score (nSPS) is 11.4.